The maximum atomic E-state index is 12.1. The maximum absolute atomic E-state index is 12.1. The van der Waals surface area contributed by atoms with E-state index in [1.807, 2.05) is 0 Å². The molecule has 4 aliphatic carbocycles. The van der Waals surface area contributed by atoms with E-state index in [1.54, 1.807) is 5.57 Å². The molecule has 8 atom stereocenters. The molecule has 4 heteroatoms. The third-order valence-electron chi connectivity index (χ3n) is 10.9. The largest absolute Gasteiger partial charge is 0.446 e. The van der Waals surface area contributed by atoms with Crippen molar-refractivity contribution in [3.63, 3.8) is 0 Å². The first-order chi connectivity index (χ1) is 16.2. The van der Waals surface area contributed by atoms with Crippen LogP contribution in [0.25, 0.3) is 0 Å². The van der Waals surface area contributed by atoms with Crippen LogP contribution in [-0.2, 0) is 4.74 Å². The Balaban J connectivity index is 1.41. The van der Waals surface area contributed by atoms with Gasteiger partial charge in [-0.05, 0) is 91.3 Å². The van der Waals surface area contributed by atoms with Crippen LogP contribution in [-0.4, -0.2) is 25.3 Å². The van der Waals surface area contributed by atoms with Gasteiger partial charge in [0, 0.05) is 19.5 Å². The number of carbonyl (C=O) groups is 1. The molecule has 3 saturated carbocycles. The third-order valence-corrected chi connectivity index (χ3v) is 10.9. The monoisotopic (exact) mass is 472 g/mol. The molecular weight excluding hydrogens is 420 g/mol. The van der Waals surface area contributed by atoms with E-state index in [2.05, 4.69) is 46.0 Å². The minimum absolute atomic E-state index is 0.0186. The second kappa shape index (κ2) is 10.5. The number of hydrogen-bond acceptors (Lipinski definition) is 3. The van der Waals surface area contributed by atoms with Crippen LogP contribution in [0.3, 0.4) is 0 Å². The van der Waals surface area contributed by atoms with Crippen LogP contribution in [0, 0.1) is 46.3 Å². The van der Waals surface area contributed by atoms with Crippen molar-refractivity contribution in [3.8, 4) is 0 Å². The molecule has 0 heterocycles. The Morgan fingerprint density at radius 3 is 2.65 bits per heavy atom. The number of ether oxygens (including phenoxy) is 1. The van der Waals surface area contributed by atoms with Crippen LogP contribution in [0.5, 0.6) is 0 Å². The van der Waals surface area contributed by atoms with Gasteiger partial charge in [0.05, 0.1) is 0 Å². The molecule has 4 nitrogen and oxygen atoms in total. The van der Waals surface area contributed by atoms with Crippen LogP contribution < -0.4 is 11.1 Å². The highest BCUT2D eigenvalue weighted by Gasteiger charge is 2.59. The summed E-state index contributed by atoms with van der Waals surface area (Å²) in [5.74, 6) is 5.18. The van der Waals surface area contributed by atoms with Gasteiger partial charge in [-0.2, -0.15) is 0 Å². The number of rotatable bonds is 8. The zero-order valence-corrected chi connectivity index (χ0v) is 22.7. The molecule has 4 unspecified atom stereocenters. The smallest absolute Gasteiger partial charge is 0.407 e. The first kappa shape index (κ1) is 26.0. The van der Waals surface area contributed by atoms with Gasteiger partial charge in [0.15, 0.2) is 0 Å². The average Bonchev–Trinajstić information content (AvgIpc) is 3.15. The van der Waals surface area contributed by atoms with E-state index < -0.39 is 0 Å². The number of carbonyl (C=O) groups excluding carboxylic acids is 1. The zero-order chi connectivity index (χ0) is 24.5. The molecule has 0 radical (unpaired) electrons. The molecule has 1 amide bonds. The van der Waals surface area contributed by atoms with Gasteiger partial charge in [-0.3, -0.25) is 0 Å². The zero-order valence-electron chi connectivity index (χ0n) is 22.7. The van der Waals surface area contributed by atoms with Crippen molar-refractivity contribution in [2.45, 2.75) is 111 Å². The predicted octanol–water partition coefficient (Wildman–Crippen LogP) is 7.08. The van der Waals surface area contributed by atoms with Crippen molar-refractivity contribution < 1.29 is 9.53 Å². The first-order valence-electron chi connectivity index (χ1n) is 14.5. The Hall–Kier alpha value is -1.03. The number of allylic oxidation sites excluding steroid dienone is 1. The SMILES string of the molecule is CC(C)CCC[C@@H](C)[C@H]1CC[C@H]2C3CC=C4CC(OC(=O)NCCN)CCC4(C)[C@H]3CCC12C. The van der Waals surface area contributed by atoms with Crippen molar-refractivity contribution in [1.82, 2.24) is 5.32 Å². The Kier molecular flexibility index (Phi) is 8.06. The highest BCUT2D eigenvalue weighted by Crippen LogP contribution is 2.67. The molecule has 0 saturated heterocycles. The lowest BCUT2D eigenvalue weighted by Crippen LogP contribution is -2.51. The number of amides is 1. The molecule has 0 aromatic rings. The number of hydrogen-bond donors (Lipinski definition) is 2. The lowest BCUT2D eigenvalue weighted by molar-refractivity contribution is -0.0581. The van der Waals surface area contributed by atoms with Crippen molar-refractivity contribution >= 4 is 6.09 Å². The molecule has 3 N–H and O–H groups in total. The fraction of sp³-hybridized carbons (Fsp3) is 0.900. The van der Waals surface area contributed by atoms with Crippen LogP contribution in [0.4, 0.5) is 4.79 Å². The summed E-state index contributed by atoms with van der Waals surface area (Å²) in [5, 5.41) is 2.76. The third kappa shape index (κ3) is 4.95. The van der Waals surface area contributed by atoms with Crippen LogP contribution in [0.2, 0.25) is 0 Å². The van der Waals surface area contributed by atoms with E-state index in [0.29, 0.717) is 23.9 Å². The van der Waals surface area contributed by atoms with E-state index in [0.717, 1.165) is 54.8 Å². The lowest BCUT2D eigenvalue weighted by Gasteiger charge is -2.58. The molecule has 0 aromatic carbocycles. The van der Waals surface area contributed by atoms with Gasteiger partial charge in [0.1, 0.15) is 6.10 Å². The molecule has 0 aliphatic heterocycles. The summed E-state index contributed by atoms with van der Waals surface area (Å²) in [6.07, 6.45) is 16.5. The van der Waals surface area contributed by atoms with E-state index in [1.165, 1.54) is 51.4 Å². The molecular formula is C30H52N2O2. The summed E-state index contributed by atoms with van der Waals surface area (Å²) >= 11 is 0. The van der Waals surface area contributed by atoms with Crippen molar-refractivity contribution in [2.24, 2.45) is 52.1 Å². The van der Waals surface area contributed by atoms with Gasteiger partial charge in [-0.25, -0.2) is 4.79 Å². The number of nitrogens with one attached hydrogen (secondary N) is 1. The van der Waals surface area contributed by atoms with Gasteiger partial charge >= 0.3 is 6.09 Å². The van der Waals surface area contributed by atoms with Gasteiger partial charge in [-0.1, -0.05) is 65.5 Å². The summed E-state index contributed by atoms with van der Waals surface area (Å²) < 4.78 is 5.75. The van der Waals surface area contributed by atoms with E-state index in [4.69, 9.17) is 10.5 Å². The molecule has 34 heavy (non-hydrogen) atoms. The summed E-state index contributed by atoms with van der Waals surface area (Å²) in [6, 6.07) is 0. The van der Waals surface area contributed by atoms with Gasteiger partial charge < -0.3 is 15.8 Å². The topological polar surface area (TPSA) is 64.3 Å². The lowest BCUT2D eigenvalue weighted by atomic mass is 9.47. The fourth-order valence-corrected chi connectivity index (χ4v) is 9.12. The van der Waals surface area contributed by atoms with E-state index in [9.17, 15) is 4.79 Å². The van der Waals surface area contributed by atoms with Gasteiger partial charge in [0.25, 0.3) is 0 Å². The molecule has 4 rings (SSSR count). The average molecular weight is 473 g/mol. The summed E-state index contributed by atoms with van der Waals surface area (Å²) in [6.45, 7) is 13.4. The second-order valence-corrected chi connectivity index (χ2v) is 13.3. The van der Waals surface area contributed by atoms with Crippen LogP contribution in [0.1, 0.15) is 105 Å². The Morgan fingerprint density at radius 1 is 1.12 bits per heavy atom. The van der Waals surface area contributed by atoms with E-state index in [-0.39, 0.29) is 12.2 Å². The van der Waals surface area contributed by atoms with Crippen molar-refractivity contribution in [3.05, 3.63) is 11.6 Å². The van der Waals surface area contributed by atoms with Crippen LogP contribution >= 0.6 is 0 Å². The van der Waals surface area contributed by atoms with E-state index >= 15 is 0 Å². The van der Waals surface area contributed by atoms with Crippen molar-refractivity contribution in [1.29, 1.82) is 0 Å². The maximum Gasteiger partial charge on any atom is 0.407 e. The fourth-order valence-electron chi connectivity index (χ4n) is 9.12. The second-order valence-electron chi connectivity index (χ2n) is 13.3. The Morgan fingerprint density at radius 2 is 1.91 bits per heavy atom. The Labute approximate surface area is 209 Å². The highest BCUT2D eigenvalue weighted by molar-refractivity contribution is 5.67. The number of fused-ring (bicyclic) bond motifs is 5. The molecule has 0 bridgehead atoms. The quantitative estimate of drug-likeness (QED) is 0.371. The standard InChI is InChI=1S/C30H52N2O2/c1-20(2)7-6-8-21(3)25-11-12-26-24-10-9-22-19-23(34-28(33)32-18-17-31)13-15-29(22,4)27(24)14-16-30(25,26)5/h9,20-21,23-27H,6-8,10-19,31H2,1-5H3,(H,32,33)/t21-,23?,24?,25-,26+,27+,29?,30?/m1/s1. The number of alkyl carbamates (subject to hydrolysis) is 1. The molecule has 194 valence electrons. The summed E-state index contributed by atoms with van der Waals surface area (Å²) in [5.41, 5.74) is 7.93. The molecule has 0 spiro atoms. The summed E-state index contributed by atoms with van der Waals surface area (Å²) in [4.78, 5) is 12.1. The first-order valence-corrected chi connectivity index (χ1v) is 14.5. The van der Waals surface area contributed by atoms with Crippen molar-refractivity contribution in [2.75, 3.05) is 13.1 Å². The number of nitrogens with two attached hydrogens (primary N) is 1. The predicted molar refractivity (Wildman–Crippen MR) is 140 cm³/mol. The Bertz CT molecular complexity index is 748. The van der Waals surface area contributed by atoms with Gasteiger partial charge in [-0.15, -0.1) is 0 Å². The minimum atomic E-state index is -0.304. The normalized spacial score (nSPS) is 40.1. The highest BCUT2D eigenvalue weighted by atomic mass is 16.6. The molecule has 3 fully saturated rings. The van der Waals surface area contributed by atoms with Crippen LogP contribution in [0.15, 0.2) is 11.6 Å². The molecule has 4 aliphatic rings. The summed E-state index contributed by atoms with van der Waals surface area (Å²) in [7, 11) is 0. The molecule has 0 aromatic heterocycles. The minimum Gasteiger partial charge on any atom is -0.446 e. The van der Waals surface area contributed by atoms with Gasteiger partial charge in [0.2, 0.25) is 0 Å².